The Morgan fingerprint density at radius 1 is 0.818 bits per heavy atom. The molecule has 5 unspecified atom stereocenters. The average molecular weight is 611 g/mol. The molecule has 1 saturated heterocycles. The van der Waals surface area contributed by atoms with E-state index < -0.39 is 60.2 Å². The number of phenols is 5. The Morgan fingerprint density at radius 2 is 1.59 bits per heavy atom. The molecule has 8 N–H and O–H groups in total. The van der Waals surface area contributed by atoms with Crippen LogP contribution in [-0.2, 0) is 14.3 Å². The summed E-state index contributed by atoms with van der Waals surface area (Å²) in [5.41, 5.74) is -0.118. The maximum Gasteiger partial charge on any atom is 0.330 e. The zero-order valence-electron chi connectivity index (χ0n) is 22.5. The normalized spacial score (nSPS) is 21.8. The van der Waals surface area contributed by atoms with Gasteiger partial charge in [0.05, 0.1) is 0 Å². The molecular weight excluding hydrogens is 584 g/mol. The fourth-order valence-electron chi connectivity index (χ4n) is 4.46. The molecule has 230 valence electrons. The molecule has 4 aromatic rings. The zero-order chi connectivity index (χ0) is 31.7. The van der Waals surface area contributed by atoms with Crippen molar-refractivity contribution in [3.8, 4) is 45.8 Å². The molecule has 14 nitrogen and oxygen atoms in total. The highest BCUT2D eigenvalue weighted by molar-refractivity contribution is 5.87. The first-order valence-corrected chi connectivity index (χ1v) is 13.0. The van der Waals surface area contributed by atoms with Crippen LogP contribution in [-0.4, -0.2) is 84.1 Å². The lowest BCUT2D eigenvalue weighted by atomic mass is 9.99. The third-order valence-electron chi connectivity index (χ3n) is 6.75. The highest BCUT2D eigenvalue weighted by Gasteiger charge is 2.45. The fraction of sp³-hybridized carbons (Fsp3) is 0.200. The second-order valence-electron chi connectivity index (χ2n) is 9.84. The summed E-state index contributed by atoms with van der Waals surface area (Å²) >= 11 is 0. The minimum atomic E-state index is -1.78. The Labute approximate surface area is 247 Å². The molecule has 3 aromatic carbocycles. The van der Waals surface area contributed by atoms with Crippen LogP contribution in [0, 0.1) is 0 Å². The number of hydrogen-bond donors (Lipinski definition) is 8. The van der Waals surface area contributed by atoms with Crippen LogP contribution in [0.4, 0.5) is 0 Å². The molecule has 1 aliphatic rings. The number of carbonyl (C=O) groups excluding carboxylic acids is 1. The van der Waals surface area contributed by atoms with Gasteiger partial charge < -0.3 is 59.5 Å². The lowest BCUT2D eigenvalue weighted by molar-refractivity contribution is -0.278. The molecule has 1 aromatic heterocycles. The summed E-state index contributed by atoms with van der Waals surface area (Å²) in [6.07, 6.45) is -5.91. The molecule has 0 spiro atoms. The van der Waals surface area contributed by atoms with E-state index in [1.165, 1.54) is 42.5 Å². The molecule has 5 rings (SSSR count). The average Bonchev–Trinajstić information content (AvgIpc) is 2.97. The molecule has 0 saturated carbocycles. The summed E-state index contributed by atoms with van der Waals surface area (Å²) < 4.78 is 21.8. The molecule has 1 aliphatic heterocycles. The van der Waals surface area contributed by atoms with E-state index in [4.69, 9.17) is 18.6 Å². The van der Waals surface area contributed by atoms with Crippen molar-refractivity contribution >= 4 is 23.0 Å². The van der Waals surface area contributed by atoms with Gasteiger partial charge >= 0.3 is 5.97 Å². The summed E-state index contributed by atoms with van der Waals surface area (Å²) in [5, 5.41) is 80.2. The van der Waals surface area contributed by atoms with E-state index in [9.17, 15) is 50.4 Å². The van der Waals surface area contributed by atoms with Crippen LogP contribution in [0.15, 0.2) is 69.9 Å². The lowest BCUT2D eigenvalue weighted by Crippen LogP contribution is -2.60. The fourth-order valence-corrected chi connectivity index (χ4v) is 4.46. The summed E-state index contributed by atoms with van der Waals surface area (Å²) in [4.78, 5) is 24.7. The number of benzene rings is 3. The van der Waals surface area contributed by atoms with Crippen molar-refractivity contribution in [3.05, 3.63) is 76.5 Å². The van der Waals surface area contributed by atoms with Crippen molar-refractivity contribution in [2.75, 3.05) is 6.61 Å². The zero-order valence-corrected chi connectivity index (χ0v) is 22.5. The number of fused-ring (bicyclic) bond motifs is 1. The third kappa shape index (κ3) is 6.23. The van der Waals surface area contributed by atoms with Crippen molar-refractivity contribution in [1.82, 2.24) is 0 Å². The van der Waals surface area contributed by atoms with Crippen LogP contribution in [0.2, 0.25) is 0 Å². The Morgan fingerprint density at radius 3 is 2.32 bits per heavy atom. The molecule has 44 heavy (non-hydrogen) atoms. The van der Waals surface area contributed by atoms with E-state index >= 15 is 0 Å². The van der Waals surface area contributed by atoms with Gasteiger partial charge in [-0.05, 0) is 42.0 Å². The summed E-state index contributed by atoms with van der Waals surface area (Å²) in [7, 11) is 0. The van der Waals surface area contributed by atoms with E-state index in [2.05, 4.69) is 0 Å². The van der Waals surface area contributed by atoms with Gasteiger partial charge in [-0.1, -0.05) is 6.07 Å². The van der Waals surface area contributed by atoms with Crippen molar-refractivity contribution in [2.45, 2.75) is 30.7 Å². The molecule has 5 atom stereocenters. The van der Waals surface area contributed by atoms with E-state index in [0.717, 1.165) is 24.3 Å². The molecule has 0 amide bonds. The minimum absolute atomic E-state index is 0.0139. The number of carbonyl (C=O) groups is 1. The number of ether oxygens (including phenoxy) is 3. The van der Waals surface area contributed by atoms with Crippen LogP contribution in [0.1, 0.15) is 5.56 Å². The molecule has 0 aliphatic carbocycles. The molecule has 1 fully saturated rings. The predicted molar refractivity (Wildman–Crippen MR) is 150 cm³/mol. The molecule has 0 radical (unpaired) electrons. The largest absolute Gasteiger partial charge is 0.508 e. The molecular formula is C30H26O14. The summed E-state index contributed by atoms with van der Waals surface area (Å²) in [6.45, 7) is -0.564. The number of rotatable bonds is 7. The number of aliphatic hydroxyl groups is 3. The van der Waals surface area contributed by atoms with Gasteiger partial charge in [0.25, 0.3) is 0 Å². The molecule has 2 heterocycles. The quantitative estimate of drug-likeness (QED) is 0.0840. The Hall–Kier alpha value is -5.28. The minimum Gasteiger partial charge on any atom is -0.508 e. The third-order valence-corrected chi connectivity index (χ3v) is 6.75. The monoisotopic (exact) mass is 610 g/mol. The van der Waals surface area contributed by atoms with Crippen molar-refractivity contribution in [2.24, 2.45) is 0 Å². The van der Waals surface area contributed by atoms with Crippen LogP contribution in [0.5, 0.6) is 34.5 Å². The van der Waals surface area contributed by atoms with Crippen molar-refractivity contribution in [1.29, 1.82) is 0 Å². The standard InChI is InChI=1S/C30H26O14/c31-15-9-19(35)26-20(36)11-22(42-23(26)10-15)14-3-5-21(18(34)8-14)43-30-29(40)28(39)27(38)24(44-30)12-41-25(37)6-2-13-1-4-16(32)17(33)7-13/h1-11,24,27-35,38-40H,12H2. The van der Waals surface area contributed by atoms with Crippen molar-refractivity contribution in [3.63, 3.8) is 0 Å². The van der Waals surface area contributed by atoms with Crippen molar-refractivity contribution < 1.29 is 64.3 Å². The second-order valence-corrected chi connectivity index (χ2v) is 9.84. The van der Waals surface area contributed by atoms with Gasteiger partial charge in [-0.15, -0.1) is 0 Å². The first kappa shape index (κ1) is 30.2. The first-order valence-electron chi connectivity index (χ1n) is 13.0. The Balaban J connectivity index is 1.27. The summed E-state index contributed by atoms with van der Waals surface area (Å²) in [5.74, 6) is -3.13. The van der Waals surface area contributed by atoms with E-state index in [0.29, 0.717) is 5.56 Å². The maximum atomic E-state index is 12.5. The van der Waals surface area contributed by atoms with E-state index in [1.807, 2.05) is 0 Å². The Kier molecular flexibility index (Phi) is 8.33. The number of esters is 1. The lowest BCUT2D eigenvalue weighted by Gasteiger charge is -2.39. The van der Waals surface area contributed by atoms with Gasteiger partial charge in [0, 0.05) is 29.8 Å². The van der Waals surface area contributed by atoms with Gasteiger partial charge in [0.15, 0.2) is 28.4 Å². The number of aromatic hydroxyl groups is 5. The highest BCUT2D eigenvalue weighted by atomic mass is 16.7. The van der Waals surface area contributed by atoms with Crippen LogP contribution in [0.25, 0.3) is 28.4 Å². The van der Waals surface area contributed by atoms with Crippen LogP contribution in [0.3, 0.4) is 0 Å². The smallest absolute Gasteiger partial charge is 0.330 e. The van der Waals surface area contributed by atoms with Gasteiger partial charge in [0.2, 0.25) is 6.29 Å². The molecule has 0 bridgehead atoms. The number of phenolic OH excluding ortho intramolecular Hbond substituents is 5. The SMILES string of the molecule is O=C(C=Cc1ccc(O)c(O)c1)OCC1OC(Oc2ccc(-c3cc(=O)c4c(O)cc(O)cc4o3)cc2O)C(O)C(O)C1O. The van der Waals surface area contributed by atoms with Gasteiger partial charge in [-0.25, -0.2) is 4.79 Å². The van der Waals surface area contributed by atoms with Gasteiger partial charge in [-0.3, -0.25) is 4.79 Å². The van der Waals surface area contributed by atoms with Gasteiger partial charge in [-0.2, -0.15) is 0 Å². The van der Waals surface area contributed by atoms with Gasteiger partial charge in [0.1, 0.15) is 59.3 Å². The van der Waals surface area contributed by atoms with E-state index in [1.54, 1.807) is 0 Å². The highest BCUT2D eigenvalue weighted by Crippen LogP contribution is 2.36. The maximum absolute atomic E-state index is 12.5. The topological polar surface area (TPSA) is 237 Å². The van der Waals surface area contributed by atoms with Crippen LogP contribution >= 0.6 is 0 Å². The number of aliphatic hydroxyl groups excluding tert-OH is 3. The number of hydrogen-bond acceptors (Lipinski definition) is 14. The predicted octanol–water partition coefficient (Wildman–Crippen LogP) is 1.43. The summed E-state index contributed by atoms with van der Waals surface area (Å²) in [6, 6.07) is 10.9. The van der Waals surface area contributed by atoms with Crippen LogP contribution < -0.4 is 10.2 Å². The Bertz CT molecular complexity index is 1800. The first-order chi connectivity index (χ1) is 20.9. The second kappa shape index (κ2) is 12.1. The molecule has 14 heteroatoms. The van der Waals surface area contributed by atoms with E-state index in [-0.39, 0.29) is 45.3 Å².